The summed E-state index contributed by atoms with van der Waals surface area (Å²) in [4.78, 5) is 11.8. The van der Waals surface area contributed by atoms with Crippen molar-refractivity contribution < 1.29 is 9.53 Å². The number of benzene rings is 1. The highest BCUT2D eigenvalue weighted by atomic mass is 79.9. The molecular weight excluding hydrogens is 296 g/mol. The summed E-state index contributed by atoms with van der Waals surface area (Å²) < 4.78 is 4.66. The van der Waals surface area contributed by atoms with Crippen molar-refractivity contribution in [3.8, 4) is 11.8 Å². The van der Waals surface area contributed by atoms with E-state index in [2.05, 4.69) is 21.2 Å². The number of hydrogen-bond acceptors (Lipinski definition) is 3. The van der Waals surface area contributed by atoms with E-state index in [0.717, 1.165) is 0 Å². The Morgan fingerprint density at radius 2 is 2.22 bits per heavy atom. The molecule has 1 N–H and O–H groups in total. The van der Waals surface area contributed by atoms with Gasteiger partial charge in [0.05, 0.1) is 16.5 Å². The van der Waals surface area contributed by atoms with Gasteiger partial charge in [0.15, 0.2) is 0 Å². The largest absolute Gasteiger partial charge is 0.492 e. The van der Waals surface area contributed by atoms with Crippen LogP contribution in [0.1, 0.15) is 26.3 Å². The monoisotopic (exact) mass is 310 g/mol. The first-order valence-electron chi connectivity index (χ1n) is 5.55. The summed E-state index contributed by atoms with van der Waals surface area (Å²) in [6.45, 7) is 5.85. The maximum absolute atomic E-state index is 11.8. The fraction of sp³-hybridized carbons (Fsp3) is 0.385. The molecule has 0 aliphatic heterocycles. The van der Waals surface area contributed by atoms with Gasteiger partial charge in [0.1, 0.15) is 11.8 Å². The first-order valence-corrected chi connectivity index (χ1v) is 6.35. The van der Waals surface area contributed by atoms with E-state index in [0.29, 0.717) is 23.6 Å². The van der Waals surface area contributed by atoms with Crippen LogP contribution in [0.4, 0.5) is 5.69 Å². The smallest absolute Gasteiger partial charge is 0.240 e. The van der Waals surface area contributed by atoms with Gasteiger partial charge in [-0.05, 0) is 39.0 Å². The maximum atomic E-state index is 11.8. The molecule has 0 unspecified atom stereocenters. The lowest BCUT2D eigenvalue weighted by atomic mass is 10.1. The number of nitrogens with zero attached hydrogens (tertiary/aromatic N) is 1. The van der Waals surface area contributed by atoms with Crippen molar-refractivity contribution in [3.05, 3.63) is 23.8 Å². The Morgan fingerprint density at radius 3 is 2.72 bits per heavy atom. The van der Waals surface area contributed by atoms with E-state index in [1.807, 2.05) is 13.0 Å². The Morgan fingerprint density at radius 1 is 1.56 bits per heavy atom. The molecule has 0 saturated carbocycles. The second kappa shape index (κ2) is 5.87. The van der Waals surface area contributed by atoms with Crippen molar-refractivity contribution in [1.82, 2.24) is 0 Å². The molecule has 0 radical (unpaired) electrons. The summed E-state index contributed by atoms with van der Waals surface area (Å²) in [5, 5.41) is 11.7. The number of carbonyl (C=O) groups excluding carboxylic acids is 1. The number of hydrogen-bond donors (Lipinski definition) is 1. The van der Waals surface area contributed by atoms with Gasteiger partial charge in [0.2, 0.25) is 5.91 Å². The first kappa shape index (κ1) is 14.5. The van der Waals surface area contributed by atoms with Gasteiger partial charge in [-0.15, -0.1) is 0 Å². The average molecular weight is 311 g/mol. The summed E-state index contributed by atoms with van der Waals surface area (Å²) in [6.07, 6.45) is 0. The number of halogens is 1. The van der Waals surface area contributed by atoms with E-state index >= 15 is 0 Å². The van der Waals surface area contributed by atoms with E-state index in [4.69, 9.17) is 10.00 Å². The molecule has 0 aliphatic rings. The molecule has 0 aliphatic carbocycles. The fourth-order valence-electron chi connectivity index (χ4n) is 1.26. The van der Waals surface area contributed by atoms with Crippen LogP contribution in [0.15, 0.2) is 18.2 Å². The molecule has 96 valence electrons. The summed E-state index contributed by atoms with van der Waals surface area (Å²) in [5.41, 5.74) is 0.981. The Kier molecular flexibility index (Phi) is 4.74. The summed E-state index contributed by atoms with van der Waals surface area (Å²) in [7, 11) is 0. The Balaban J connectivity index is 2.94. The normalized spacial score (nSPS) is 10.6. The predicted octanol–water partition coefficient (Wildman–Crippen LogP) is 3.07. The van der Waals surface area contributed by atoms with E-state index in [1.165, 1.54) is 0 Å². The van der Waals surface area contributed by atoms with Gasteiger partial charge < -0.3 is 10.1 Å². The fourth-order valence-corrected chi connectivity index (χ4v) is 1.36. The second-order valence-corrected chi connectivity index (χ2v) is 6.16. The standard InChI is InChI=1S/C13H15BrN2O2/c1-4-18-11-6-5-10(7-9(11)8-15)16-12(17)13(2,3)14/h5-7H,4H2,1-3H3,(H,16,17). The van der Waals surface area contributed by atoms with Crippen LogP contribution < -0.4 is 10.1 Å². The van der Waals surface area contributed by atoms with Crippen LogP contribution in [0.2, 0.25) is 0 Å². The van der Waals surface area contributed by atoms with Crippen molar-refractivity contribution in [2.24, 2.45) is 0 Å². The number of alkyl halides is 1. The minimum atomic E-state index is -0.654. The third-order valence-corrected chi connectivity index (χ3v) is 2.56. The van der Waals surface area contributed by atoms with Gasteiger partial charge >= 0.3 is 0 Å². The minimum absolute atomic E-state index is 0.171. The van der Waals surface area contributed by atoms with Crippen LogP contribution in [0.5, 0.6) is 5.75 Å². The van der Waals surface area contributed by atoms with Crippen LogP contribution in [0, 0.1) is 11.3 Å². The minimum Gasteiger partial charge on any atom is -0.492 e. The van der Waals surface area contributed by atoms with Crippen molar-refractivity contribution in [3.63, 3.8) is 0 Å². The maximum Gasteiger partial charge on any atom is 0.240 e. The van der Waals surface area contributed by atoms with E-state index in [-0.39, 0.29) is 5.91 Å². The zero-order chi connectivity index (χ0) is 13.8. The number of nitrogens with one attached hydrogen (secondary N) is 1. The highest BCUT2D eigenvalue weighted by molar-refractivity contribution is 9.10. The average Bonchev–Trinajstić information content (AvgIpc) is 2.30. The lowest BCUT2D eigenvalue weighted by Gasteiger charge is -2.16. The predicted molar refractivity (Wildman–Crippen MR) is 74.0 cm³/mol. The highest BCUT2D eigenvalue weighted by Crippen LogP contribution is 2.24. The highest BCUT2D eigenvalue weighted by Gasteiger charge is 2.23. The lowest BCUT2D eigenvalue weighted by molar-refractivity contribution is -0.117. The molecule has 0 saturated heterocycles. The zero-order valence-electron chi connectivity index (χ0n) is 10.6. The first-order chi connectivity index (χ1) is 8.38. The molecule has 4 nitrogen and oxygen atoms in total. The summed E-state index contributed by atoms with van der Waals surface area (Å²) >= 11 is 3.27. The Hall–Kier alpha value is -1.54. The Bertz CT molecular complexity index is 487. The third-order valence-electron chi connectivity index (χ3n) is 2.20. The molecule has 0 fully saturated rings. The number of carbonyl (C=O) groups is 1. The SMILES string of the molecule is CCOc1ccc(NC(=O)C(C)(C)Br)cc1C#N. The zero-order valence-corrected chi connectivity index (χ0v) is 12.2. The molecule has 0 spiro atoms. The van der Waals surface area contributed by atoms with Crippen molar-refractivity contribution in [2.75, 3.05) is 11.9 Å². The summed E-state index contributed by atoms with van der Waals surface area (Å²) in [6, 6.07) is 7.03. The molecular formula is C13H15BrN2O2. The van der Waals surface area contributed by atoms with Gasteiger partial charge in [0, 0.05) is 5.69 Å². The molecule has 18 heavy (non-hydrogen) atoms. The molecule has 1 aromatic carbocycles. The Labute approximate surface area is 115 Å². The van der Waals surface area contributed by atoms with E-state index in [9.17, 15) is 4.79 Å². The van der Waals surface area contributed by atoms with Crippen LogP contribution in [0.3, 0.4) is 0 Å². The van der Waals surface area contributed by atoms with E-state index in [1.54, 1.807) is 32.0 Å². The van der Waals surface area contributed by atoms with Gasteiger partial charge in [-0.1, -0.05) is 15.9 Å². The van der Waals surface area contributed by atoms with Crippen molar-refractivity contribution in [2.45, 2.75) is 25.1 Å². The molecule has 5 heteroatoms. The van der Waals surface area contributed by atoms with E-state index < -0.39 is 4.32 Å². The molecule has 1 amide bonds. The molecule has 0 aromatic heterocycles. The topological polar surface area (TPSA) is 62.1 Å². The van der Waals surface area contributed by atoms with Crippen LogP contribution in [-0.2, 0) is 4.79 Å². The molecule has 0 bridgehead atoms. The molecule has 1 aromatic rings. The molecule has 0 heterocycles. The number of nitriles is 1. The molecule has 1 rings (SSSR count). The molecule has 0 atom stereocenters. The lowest BCUT2D eigenvalue weighted by Crippen LogP contribution is -2.30. The quantitative estimate of drug-likeness (QED) is 0.869. The number of amides is 1. The van der Waals surface area contributed by atoms with Crippen molar-refractivity contribution >= 4 is 27.5 Å². The number of anilines is 1. The third kappa shape index (κ3) is 3.74. The van der Waals surface area contributed by atoms with Crippen LogP contribution in [0.25, 0.3) is 0 Å². The van der Waals surface area contributed by atoms with Crippen molar-refractivity contribution in [1.29, 1.82) is 5.26 Å². The number of rotatable bonds is 4. The van der Waals surface area contributed by atoms with Gasteiger partial charge in [-0.25, -0.2) is 0 Å². The van der Waals surface area contributed by atoms with Crippen LogP contribution >= 0.6 is 15.9 Å². The number of ether oxygens (including phenoxy) is 1. The second-order valence-electron chi connectivity index (χ2n) is 4.18. The van der Waals surface area contributed by atoms with Gasteiger partial charge in [0.25, 0.3) is 0 Å². The van der Waals surface area contributed by atoms with Crippen LogP contribution in [-0.4, -0.2) is 16.8 Å². The van der Waals surface area contributed by atoms with Gasteiger partial charge in [-0.2, -0.15) is 5.26 Å². The van der Waals surface area contributed by atoms with Gasteiger partial charge in [-0.3, -0.25) is 4.79 Å². The summed E-state index contributed by atoms with van der Waals surface area (Å²) in [5.74, 6) is 0.353.